The van der Waals surface area contributed by atoms with Gasteiger partial charge in [-0.1, -0.05) is 303 Å². The molecule has 0 aliphatic carbocycles. The Morgan fingerprint density at radius 2 is 0.431 bits per heavy atom. The molecule has 0 atom stereocenters. The first kappa shape index (κ1) is 58.6. The lowest BCUT2D eigenvalue weighted by Crippen LogP contribution is -2.10. The van der Waals surface area contributed by atoms with E-state index in [-0.39, 0.29) is 0 Å². The normalized spacial score (nSPS) is 11.7. The van der Waals surface area contributed by atoms with Gasteiger partial charge in [0.1, 0.15) is 11.2 Å². The van der Waals surface area contributed by atoms with Gasteiger partial charge in [0.25, 0.3) is 0 Å². The first-order valence-electron chi connectivity index (χ1n) is 34.9. The van der Waals surface area contributed by atoms with E-state index >= 15 is 0 Å². The molecule has 4 heteroatoms. The topological polar surface area (TPSA) is 32.8 Å². The quantitative estimate of drug-likeness (QED) is 0.135. The lowest BCUT2D eigenvalue weighted by Gasteiger charge is -2.27. The van der Waals surface area contributed by atoms with Crippen LogP contribution in [0.5, 0.6) is 0 Å². The van der Waals surface area contributed by atoms with Crippen LogP contribution in [-0.4, -0.2) is 0 Å². The van der Waals surface area contributed by atoms with Gasteiger partial charge in [0, 0.05) is 54.5 Å². The van der Waals surface area contributed by atoms with Crippen LogP contribution in [0.4, 0.5) is 34.1 Å². The Hall–Kier alpha value is -13.5. The smallest absolute Gasteiger partial charge is 0.159 e. The summed E-state index contributed by atoms with van der Waals surface area (Å²) in [7, 11) is 0. The second-order valence-electron chi connectivity index (χ2n) is 26.6. The van der Waals surface area contributed by atoms with Crippen molar-refractivity contribution in [2.45, 2.75) is 0 Å². The molecule has 0 N–H and O–H groups in total. The van der Waals surface area contributed by atoms with Crippen molar-refractivity contribution >= 4 is 164 Å². The molecule has 0 aliphatic rings. The summed E-state index contributed by atoms with van der Waals surface area (Å²) in [5.74, 6) is 0. The predicted octanol–water partition coefficient (Wildman–Crippen LogP) is 28.3. The minimum atomic E-state index is 0.873. The fourth-order valence-corrected chi connectivity index (χ4v) is 16.0. The second-order valence-corrected chi connectivity index (χ2v) is 26.6. The number of nitrogens with zero attached hydrogens (tertiary/aromatic N) is 2. The SMILES string of the molecule is c1ccc2c(N(c3ccc(-c4cc5ccccc5c5ccccc45)cc3)c3cccc4c3oc3c5ccccc5ccc43)cccc2c1.c1ccc2c(N(c3ccc(-c4ccc(-c5cc6ccccc6c6ccccc56)cc4)cc3)c3cccc4c3oc3c5ccccc5ccc43)cccc2c1. The first-order valence-corrected chi connectivity index (χ1v) is 34.9. The molecule has 0 unspecified atom stereocenters. The van der Waals surface area contributed by atoms with Gasteiger partial charge in [-0.3, -0.25) is 0 Å². The molecule has 21 aromatic rings. The van der Waals surface area contributed by atoms with Gasteiger partial charge in [0.15, 0.2) is 11.2 Å². The molecule has 0 fully saturated rings. The Labute approximate surface area is 588 Å². The molecule has 2 aromatic heterocycles. The van der Waals surface area contributed by atoms with Gasteiger partial charge in [0.2, 0.25) is 0 Å². The molecule has 2 heterocycles. The molecule has 0 amide bonds. The van der Waals surface area contributed by atoms with E-state index < -0.39 is 0 Å². The van der Waals surface area contributed by atoms with E-state index in [2.05, 4.69) is 386 Å². The van der Waals surface area contributed by atoms with Crippen LogP contribution < -0.4 is 9.80 Å². The molecule has 0 saturated heterocycles. The average molecular weight is 1300 g/mol. The van der Waals surface area contributed by atoms with Gasteiger partial charge in [-0.05, 0) is 171 Å². The average Bonchev–Trinajstić information content (AvgIpc) is 1.20. The van der Waals surface area contributed by atoms with E-state index in [4.69, 9.17) is 8.83 Å². The summed E-state index contributed by atoms with van der Waals surface area (Å²) in [6.45, 7) is 0. The van der Waals surface area contributed by atoms with E-state index in [0.717, 1.165) is 88.8 Å². The van der Waals surface area contributed by atoms with Gasteiger partial charge in [-0.25, -0.2) is 0 Å². The zero-order valence-electron chi connectivity index (χ0n) is 55.5. The maximum Gasteiger partial charge on any atom is 0.159 e. The van der Waals surface area contributed by atoms with E-state index in [0.29, 0.717) is 0 Å². The van der Waals surface area contributed by atoms with Crippen molar-refractivity contribution in [3.63, 3.8) is 0 Å². The Bertz CT molecular complexity index is 6870. The van der Waals surface area contributed by atoms with Crippen molar-refractivity contribution in [2.75, 3.05) is 9.80 Å². The number of anilines is 6. The minimum Gasteiger partial charge on any atom is -0.453 e. The van der Waals surface area contributed by atoms with E-state index in [1.54, 1.807) is 0 Å². The highest BCUT2D eigenvalue weighted by Crippen LogP contribution is 2.49. The van der Waals surface area contributed by atoms with E-state index in [1.165, 1.54) is 109 Å². The number of benzene rings is 19. The molecular formula is C98H62N2O2. The number of fused-ring (bicyclic) bond motifs is 18. The highest BCUT2D eigenvalue weighted by atomic mass is 16.3. The van der Waals surface area contributed by atoms with Crippen molar-refractivity contribution in [1.82, 2.24) is 0 Å². The number of rotatable bonds is 9. The largest absolute Gasteiger partial charge is 0.453 e. The summed E-state index contributed by atoms with van der Waals surface area (Å²) in [5.41, 5.74) is 17.2. The third-order valence-electron chi connectivity index (χ3n) is 20.9. The van der Waals surface area contributed by atoms with E-state index in [1.807, 2.05) is 0 Å². The minimum absolute atomic E-state index is 0.873. The van der Waals surface area contributed by atoms with Crippen molar-refractivity contribution < 1.29 is 8.83 Å². The summed E-state index contributed by atoms with van der Waals surface area (Å²) >= 11 is 0. The summed E-state index contributed by atoms with van der Waals surface area (Å²) in [5, 5.41) is 24.0. The van der Waals surface area contributed by atoms with Crippen LogP contribution in [0.3, 0.4) is 0 Å². The van der Waals surface area contributed by atoms with Gasteiger partial charge >= 0.3 is 0 Å². The summed E-state index contributed by atoms with van der Waals surface area (Å²) in [4.78, 5) is 4.71. The van der Waals surface area contributed by atoms with Gasteiger partial charge < -0.3 is 18.6 Å². The molecule has 4 nitrogen and oxygen atoms in total. The molecule has 0 radical (unpaired) electrons. The second kappa shape index (κ2) is 24.2. The summed E-state index contributed by atoms with van der Waals surface area (Å²) < 4.78 is 13.8. The van der Waals surface area contributed by atoms with Crippen LogP contribution in [0.25, 0.3) is 163 Å². The molecule has 0 spiro atoms. The fraction of sp³-hybridized carbons (Fsp3) is 0. The van der Waals surface area contributed by atoms with E-state index in [9.17, 15) is 0 Å². The zero-order chi connectivity index (χ0) is 67.2. The maximum atomic E-state index is 6.88. The van der Waals surface area contributed by atoms with Crippen LogP contribution in [0.1, 0.15) is 0 Å². The molecule has 0 bridgehead atoms. The van der Waals surface area contributed by atoms with Crippen LogP contribution in [0.2, 0.25) is 0 Å². The van der Waals surface area contributed by atoms with Gasteiger partial charge in [-0.2, -0.15) is 0 Å². The molecule has 0 saturated carbocycles. The van der Waals surface area contributed by atoms with Crippen LogP contribution in [-0.2, 0) is 0 Å². The number of hydrogen-bond acceptors (Lipinski definition) is 4. The Kier molecular flexibility index (Phi) is 13.9. The Morgan fingerprint density at radius 1 is 0.157 bits per heavy atom. The summed E-state index contributed by atoms with van der Waals surface area (Å²) in [6.07, 6.45) is 0. The molecule has 476 valence electrons. The van der Waals surface area contributed by atoms with Crippen LogP contribution >= 0.6 is 0 Å². The molecule has 102 heavy (non-hydrogen) atoms. The van der Waals surface area contributed by atoms with Gasteiger partial charge in [0.05, 0.1) is 22.7 Å². The molecular weight excluding hydrogens is 1240 g/mol. The fourth-order valence-electron chi connectivity index (χ4n) is 16.0. The number of furan rings is 2. The Balaban J connectivity index is 0.000000138. The third-order valence-corrected chi connectivity index (χ3v) is 20.9. The lowest BCUT2D eigenvalue weighted by atomic mass is 9.92. The Morgan fingerprint density at radius 3 is 0.853 bits per heavy atom. The summed E-state index contributed by atoms with van der Waals surface area (Å²) in [6, 6.07) is 135. The first-order chi connectivity index (χ1) is 50.6. The van der Waals surface area contributed by atoms with Crippen molar-refractivity contribution in [2.24, 2.45) is 0 Å². The highest BCUT2D eigenvalue weighted by Gasteiger charge is 2.25. The highest BCUT2D eigenvalue weighted by molar-refractivity contribution is 6.21. The van der Waals surface area contributed by atoms with Crippen LogP contribution in [0.15, 0.2) is 385 Å². The predicted molar refractivity (Wildman–Crippen MR) is 433 cm³/mol. The number of para-hydroxylation sites is 2. The number of hydrogen-bond donors (Lipinski definition) is 0. The zero-order valence-corrected chi connectivity index (χ0v) is 55.5. The lowest BCUT2D eigenvalue weighted by molar-refractivity contribution is 0.672. The monoisotopic (exact) mass is 1300 g/mol. The molecule has 21 rings (SSSR count). The maximum absolute atomic E-state index is 6.88. The van der Waals surface area contributed by atoms with Crippen molar-refractivity contribution in [3.8, 4) is 33.4 Å². The standard InChI is InChI=1S/C52H33NO.C46H29NO/c1-5-16-42-36(11-1)14-9-21-49(42)53(50-22-10-20-46-47-32-29-37-12-2-6-17-43(37)51(47)54-52(46)50)40-30-27-35(28-31-40)34-23-25-38(26-24-34)48-33-39-13-3-4-15-41(39)44-18-7-8-19-45(44)48;1-5-16-36-30(11-1)14-9-21-43(36)47(44-22-10-20-40-41-28-25-31-12-2-6-17-37(31)45(41)48-46(40)44)34-26-23-32(24-27-34)42-29-33-13-3-4-15-35(33)38-18-7-8-19-39(38)42/h1-33H;1-29H. The van der Waals surface area contributed by atoms with Gasteiger partial charge in [-0.15, -0.1) is 0 Å². The molecule has 0 aliphatic heterocycles. The van der Waals surface area contributed by atoms with Crippen LogP contribution in [0, 0.1) is 0 Å². The third kappa shape index (κ3) is 9.75. The van der Waals surface area contributed by atoms with Crippen molar-refractivity contribution in [1.29, 1.82) is 0 Å². The molecule has 19 aromatic carbocycles. The van der Waals surface area contributed by atoms with Crippen molar-refractivity contribution in [3.05, 3.63) is 376 Å².